The molecule has 0 rings (SSSR count). The van der Waals surface area contributed by atoms with Crippen LogP contribution in [0.2, 0.25) is 0 Å². The van der Waals surface area contributed by atoms with E-state index in [0.717, 1.165) is 32.1 Å². The fraction of sp³-hybridized carbons (Fsp3) is 0.922. The van der Waals surface area contributed by atoms with Crippen molar-refractivity contribution in [3.05, 3.63) is 12.2 Å². The van der Waals surface area contributed by atoms with Crippen LogP contribution >= 0.6 is 7.82 Å². The molecule has 0 saturated heterocycles. The molecule has 1 unspecified atom stereocenters. The fourth-order valence-electron chi connectivity index (χ4n) is 7.48. The predicted octanol–water partition coefficient (Wildman–Crippen LogP) is 14.7. The first-order chi connectivity index (χ1) is 29.5. The van der Waals surface area contributed by atoms with Crippen LogP contribution in [0.15, 0.2) is 12.2 Å². The molecular weight excluding hydrogens is 786 g/mol. The Kier molecular flexibility index (Phi) is 43.1. The minimum atomic E-state index is -4.62. The second-order valence-electron chi connectivity index (χ2n) is 18.9. The molecule has 0 aromatic heterocycles. The lowest BCUT2D eigenvalue weighted by Gasteiger charge is -2.28. The largest absolute Gasteiger partial charge is 0.756 e. The van der Waals surface area contributed by atoms with Gasteiger partial charge in [0.1, 0.15) is 19.8 Å². The number of likely N-dealkylation sites (N-methyl/N-ethyl adjacent to an activating group) is 1. The van der Waals surface area contributed by atoms with Crippen LogP contribution in [-0.4, -0.2) is 70.0 Å². The third-order valence-electron chi connectivity index (χ3n) is 11.5. The maximum absolute atomic E-state index is 12.7. The molecule has 0 fully saturated rings. The number of hydrogen-bond donors (Lipinski definition) is 0. The number of hydrogen-bond acceptors (Lipinski definition) is 8. The van der Waals surface area contributed by atoms with Crippen LogP contribution in [0.4, 0.5) is 0 Å². The number of carbonyl (C=O) groups is 2. The Morgan fingerprint density at radius 1 is 0.492 bits per heavy atom. The van der Waals surface area contributed by atoms with Crippen molar-refractivity contribution in [1.29, 1.82) is 0 Å². The van der Waals surface area contributed by atoms with Crippen LogP contribution in [0, 0.1) is 0 Å². The average Bonchev–Trinajstić information content (AvgIpc) is 3.21. The van der Waals surface area contributed by atoms with Gasteiger partial charge in [-0.25, -0.2) is 0 Å². The van der Waals surface area contributed by atoms with Gasteiger partial charge in [-0.2, -0.15) is 0 Å². The second-order valence-corrected chi connectivity index (χ2v) is 20.3. The number of rotatable bonds is 48. The minimum absolute atomic E-state index is 0.0274. The van der Waals surface area contributed by atoms with E-state index in [-0.39, 0.29) is 32.0 Å². The molecule has 0 heterocycles. The Morgan fingerprint density at radius 3 is 1.21 bits per heavy atom. The molecule has 2 atom stereocenters. The zero-order valence-electron chi connectivity index (χ0n) is 40.9. The van der Waals surface area contributed by atoms with E-state index in [9.17, 15) is 19.0 Å². The molecule has 9 nitrogen and oxygen atoms in total. The topological polar surface area (TPSA) is 111 Å². The molecule has 10 heteroatoms. The van der Waals surface area contributed by atoms with E-state index < -0.39 is 26.5 Å². The Morgan fingerprint density at radius 2 is 0.836 bits per heavy atom. The summed E-state index contributed by atoms with van der Waals surface area (Å²) >= 11 is 0. The van der Waals surface area contributed by atoms with Gasteiger partial charge in [0.05, 0.1) is 27.7 Å². The number of quaternary nitrogens is 1. The van der Waals surface area contributed by atoms with Gasteiger partial charge >= 0.3 is 11.9 Å². The highest BCUT2D eigenvalue weighted by Crippen LogP contribution is 2.38. The van der Waals surface area contributed by atoms with E-state index in [1.807, 2.05) is 21.1 Å². The zero-order valence-corrected chi connectivity index (χ0v) is 41.8. The molecular formula is C51H100NO8P. The Hall–Kier alpha value is -1.25. The van der Waals surface area contributed by atoms with E-state index in [2.05, 4.69) is 26.0 Å². The van der Waals surface area contributed by atoms with Gasteiger partial charge in [-0.3, -0.25) is 14.2 Å². The first-order valence-electron chi connectivity index (χ1n) is 25.9. The number of allylic oxidation sites excluding steroid dienone is 2. The van der Waals surface area contributed by atoms with Gasteiger partial charge in [0, 0.05) is 12.8 Å². The molecule has 0 radical (unpaired) electrons. The van der Waals surface area contributed by atoms with Gasteiger partial charge in [0.15, 0.2) is 6.10 Å². The van der Waals surface area contributed by atoms with Crippen LogP contribution in [-0.2, 0) is 32.7 Å². The Bertz CT molecular complexity index is 1050. The maximum atomic E-state index is 12.7. The van der Waals surface area contributed by atoms with Crippen LogP contribution in [0.25, 0.3) is 0 Å². The molecule has 0 aromatic rings. The number of nitrogens with zero attached hydrogens (tertiary/aromatic N) is 1. The number of phosphoric acid groups is 1. The maximum Gasteiger partial charge on any atom is 0.306 e. The summed E-state index contributed by atoms with van der Waals surface area (Å²) in [5.74, 6) is -0.821. The highest BCUT2D eigenvalue weighted by Gasteiger charge is 2.21. The van der Waals surface area contributed by atoms with Crippen molar-refractivity contribution in [2.24, 2.45) is 0 Å². The summed E-state index contributed by atoms with van der Waals surface area (Å²) in [5, 5.41) is 0. The van der Waals surface area contributed by atoms with Crippen LogP contribution in [0.5, 0.6) is 0 Å². The summed E-state index contributed by atoms with van der Waals surface area (Å²) in [4.78, 5) is 37.7. The fourth-order valence-corrected chi connectivity index (χ4v) is 8.20. The molecule has 0 saturated carbocycles. The number of ether oxygens (including phenoxy) is 2. The van der Waals surface area contributed by atoms with E-state index in [1.54, 1.807) is 0 Å². The standard InChI is InChI=1S/C51H100NO8P/c1-6-8-10-12-14-16-18-20-22-24-26-28-29-31-33-35-37-39-41-43-50(53)57-47-49(48-59-61(55,56)58-46-45-52(3,4)5)60-51(54)44-42-40-38-36-34-32-30-27-25-23-21-19-17-15-13-11-9-7-2/h20,22,49H,6-19,21,23-48H2,1-5H3/b22-20+/t49-/m1/s1. The lowest BCUT2D eigenvalue weighted by molar-refractivity contribution is -0.870. The first-order valence-corrected chi connectivity index (χ1v) is 27.4. The van der Waals surface area contributed by atoms with Gasteiger partial charge in [-0.1, -0.05) is 212 Å². The summed E-state index contributed by atoms with van der Waals surface area (Å²) in [6.45, 7) is 4.27. The van der Waals surface area contributed by atoms with Crippen molar-refractivity contribution >= 4 is 19.8 Å². The number of unbranched alkanes of at least 4 members (excludes halogenated alkanes) is 32. The molecule has 0 spiro atoms. The van der Waals surface area contributed by atoms with Crippen molar-refractivity contribution in [1.82, 2.24) is 0 Å². The van der Waals surface area contributed by atoms with E-state index in [0.29, 0.717) is 17.4 Å². The van der Waals surface area contributed by atoms with Crippen LogP contribution in [0.3, 0.4) is 0 Å². The summed E-state index contributed by atoms with van der Waals surface area (Å²) in [5.41, 5.74) is 0. The van der Waals surface area contributed by atoms with Crippen molar-refractivity contribution in [3.63, 3.8) is 0 Å². The van der Waals surface area contributed by atoms with Crippen molar-refractivity contribution in [3.8, 4) is 0 Å². The first kappa shape index (κ1) is 59.8. The molecule has 362 valence electrons. The van der Waals surface area contributed by atoms with Crippen molar-refractivity contribution in [2.75, 3.05) is 47.5 Å². The second kappa shape index (κ2) is 44.0. The number of carbonyl (C=O) groups excluding carboxylic acids is 2. The Labute approximate surface area is 377 Å². The quantitative estimate of drug-likeness (QED) is 0.0195. The van der Waals surface area contributed by atoms with E-state index in [4.69, 9.17) is 18.5 Å². The third-order valence-corrected chi connectivity index (χ3v) is 12.5. The van der Waals surface area contributed by atoms with E-state index in [1.165, 1.54) is 186 Å². The number of esters is 2. The smallest absolute Gasteiger partial charge is 0.306 e. The summed E-state index contributed by atoms with van der Waals surface area (Å²) < 4.78 is 34.1. The van der Waals surface area contributed by atoms with Gasteiger partial charge in [0.2, 0.25) is 0 Å². The van der Waals surface area contributed by atoms with Crippen molar-refractivity contribution < 1.29 is 42.1 Å². The van der Waals surface area contributed by atoms with Gasteiger partial charge in [-0.15, -0.1) is 0 Å². The molecule has 0 N–H and O–H groups in total. The number of phosphoric ester groups is 1. The third kappa shape index (κ3) is 48.1. The highest BCUT2D eigenvalue weighted by atomic mass is 31.2. The monoisotopic (exact) mass is 886 g/mol. The molecule has 0 amide bonds. The minimum Gasteiger partial charge on any atom is -0.756 e. The Balaban J connectivity index is 4.22. The summed E-state index contributed by atoms with van der Waals surface area (Å²) in [6.07, 6.45) is 48.1. The van der Waals surface area contributed by atoms with Gasteiger partial charge < -0.3 is 27.9 Å². The van der Waals surface area contributed by atoms with Crippen LogP contribution in [0.1, 0.15) is 251 Å². The predicted molar refractivity (Wildman–Crippen MR) is 255 cm³/mol. The lowest BCUT2D eigenvalue weighted by atomic mass is 10.0. The summed E-state index contributed by atoms with van der Waals surface area (Å²) in [6, 6.07) is 0. The van der Waals surface area contributed by atoms with Crippen molar-refractivity contribution in [2.45, 2.75) is 258 Å². The lowest BCUT2D eigenvalue weighted by Crippen LogP contribution is -2.37. The summed E-state index contributed by atoms with van der Waals surface area (Å²) in [7, 11) is 1.18. The molecule has 0 aliphatic rings. The van der Waals surface area contributed by atoms with E-state index >= 15 is 0 Å². The molecule has 61 heavy (non-hydrogen) atoms. The normalized spacial score (nSPS) is 13.5. The average molecular weight is 886 g/mol. The SMILES string of the molecule is CCCCCCCC/C=C/CCCCCCCCCCCC(=O)OC[C@H](COP(=O)([O-])OCC[N+](C)(C)C)OC(=O)CCCCCCCCCCCCCCCCCCCC. The van der Waals surface area contributed by atoms with Crippen LogP contribution < -0.4 is 4.89 Å². The van der Waals surface area contributed by atoms with Gasteiger partial charge in [-0.05, 0) is 38.5 Å². The molecule has 0 aliphatic heterocycles. The highest BCUT2D eigenvalue weighted by molar-refractivity contribution is 7.45. The molecule has 0 bridgehead atoms. The zero-order chi connectivity index (χ0) is 45.0. The van der Waals surface area contributed by atoms with Gasteiger partial charge in [0.25, 0.3) is 7.82 Å². The molecule has 0 aliphatic carbocycles. The molecule has 0 aromatic carbocycles.